The first-order valence-corrected chi connectivity index (χ1v) is 8.29. The molecule has 1 saturated carbocycles. The Morgan fingerprint density at radius 1 is 1.25 bits per heavy atom. The Balaban J connectivity index is 1.94. The zero-order valence-electron chi connectivity index (χ0n) is 13.1. The summed E-state index contributed by atoms with van der Waals surface area (Å²) >= 11 is 0. The van der Waals surface area contributed by atoms with E-state index in [1.54, 1.807) is 0 Å². The van der Waals surface area contributed by atoms with E-state index in [0.29, 0.717) is 11.8 Å². The predicted octanol–water partition coefficient (Wildman–Crippen LogP) is 3.54. The van der Waals surface area contributed by atoms with E-state index in [9.17, 15) is 0 Å². The van der Waals surface area contributed by atoms with Crippen LogP contribution in [0.3, 0.4) is 0 Å². The van der Waals surface area contributed by atoms with Crippen LogP contribution in [0, 0.1) is 5.92 Å². The van der Waals surface area contributed by atoms with Crippen molar-refractivity contribution in [2.75, 3.05) is 6.54 Å². The monoisotopic (exact) mass is 273 g/mol. The quantitative estimate of drug-likeness (QED) is 0.915. The predicted molar refractivity (Wildman–Crippen MR) is 81.9 cm³/mol. The molecule has 1 aliphatic carbocycles. The van der Waals surface area contributed by atoms with Crippen LogP contribution in [0.25, 0.3) is 0 Å². The molecule has 1 aliphatic heterocycles. The Morgan fingerprint density at radius 3 is 2.80 bits per heavy atom. The lowest BCUT2D eigenvalue weighted by Gasteiger charge is -2.23. The zero-order valence-corrected chi connectivity index (χ0v) is 13.1. The van der Waals surface area contributed by atoms with Gasteiger partial charge in [0.15, 0.2) is 0 Å². The second kappa shape index (κ2) is 5.80. The summed E-state index contributed by atoms with van der Waals surface area (Å²) in [7, 11) is 0. The maximum atomic E-state index is 4.99. The van der Waals surface area contributed by atoms with Crippen LogP contribution in [-0.4, -0.2) is 16.5 Å². The van der Waals surface area contributed by atoms with E-state index < -0.39 is 0 Å². The van der Waals surface area contributed by atoms with Crippen molar-refractivity contribution in [2.45, 2.75) is 71.3 Å². The Hall–Kier alpha value is -0.960. The van der Waals surface area contributed by atoms with Crippen LogP contribution in [-0.2, 0) is 13.0 Å². The van der Waals surface area contributed by atoms with Gasteiger partial charge in [0, 0.05) is 31.0 Å². The largest absolute Gasteiger partial charge is 0.312 e. The lowest BCUT2D eigenvalue weighted by Crippen LogP contribution is -2.27. The van der Waals surface area contributed by atoms with Gasteiger partial charge in [0.2, 0.25) is 0 Å². The normalized spacial score (nSPS) is 26.0. The first-order valence-electron chi connectivity index (χ1n) is 8.29. The van der Waals surface area contributed by atoms with Crippen LogP contribution in [0.4, 0.5) is 0 Å². The Labute approximate surface area is 122 Å². The van der Waals surface area contributed by atoms with Gasteiger partial charge in [-0.25, -0.2) is 9.97 Å². The van der Waals surface area contributed by atoms with E-state index in [4.69, 9.17) is 9.97 Å². The molecule has 0 amide bonds. The summed E-state index contributed by atoms with van der Waals surface area (Å²) < 4.78 is 0. The maximum Gasteiger partial charge on any atom is 0.131 e. The molecule has 110 valence electrons. The van der Waals surface area contributed by atoms with Gasteiger partial charge in [-0.2, -0.15) is 0 Å². The summed E-state index contributed by atoms with van der Waals surface area (Å²) in [6, 6.07) is 0. The maximum absolute atomic E-state index is 4.99. The van der Waals surface area contributed by atoms with Gasteiger partial charge in [-0.05, 0) is 31.1 Å². The Morgan fingerprint density at radius 2 is 2.10 bits per heavy atom. The van der Waals surface area contributed by atoms with Crippen LogP contribution in [0.2, 0.25) is 0 Å². The molecule has 2 aliphatic rings. The summed E-state index contributed by atoms with van der Waals surface area (Å²) in [5.41, 5.74) is 3.98. The number of nitrogens with one attached hydrogen (secondary N) is 1. The van der Waals surface area contributed by atoms with Gasteiger partial charge in [-0.1, -0.05) is 27.2 Å². The summed E-state index contributed by atoms with van der Waals surface area (Å²) in [6.45, 7) is 8.83. The van der Waals surface area contributed by atoms with Crippen molar-refractivity contribution in [3.05, 3.63) is 22.8 Å². The van der Waals surface area contributed by atoms with Gasteiger partial charge in [0.25, 0.3) is 0 Å². The third kappa shape index (κ3) is 2.60. The number of rotatable bonds is 3. The molecule has 0 bridgehead atoms. The number of fused-ring (bicyclic) bond motifs is 1. The smallest absolute Gasteiger partial charge is 0.131 e. The molecule has 0 aromatic carbocycles. The van der Waals surface area contributed by atoms with Crippen LogP contribution < -0.4 is 5.32 Å². The molecule has 1 N–H and O–H groups in total. The fraction of sp³-hybridized carbons (Fsp3) is 0.765. The Kier molecular flexibility index (Phi) is 4.06. The van der Waals surface area contributed by atoms with E-state index in [1.807, 2.05) is 0 Å². The molecule has 1 aromatic heterocycles. The van der Waals surface area contributed by atoms with Crippen molar-refractivity contribution in [2.24, 2.45) is 5.92 Å². The van der Waals surface area contributed by atoms with Gasteiger partial charge in [-0.3, -0.25) is 0 Å². The van der Waals surface area contributed by atoms with Gasteiger partial charge in [0.05, 0.1) is 11.4 Å². The molecule has 20 heavy (non-hydrogen) atoms. The summed E-state index contributed by atoms with van der Waals surface area (Å²) in [5, 5.41) is 3.46. The van der Waals surface area contributed by atoms with Crippen molar-refractivity contribution in [1.29, 1.82) is 0 Å². The minimum atomic E-state index is 0.494. The highest BCUT2D eigenvalue weighted by molar-refractivity contribution is 5.31. The topological polar surface area (TPSA) is 37.8 Å². The van der Waals surface area contributed by atoms with Crippen LogP contribution in [0.15, 0.2) is 0 Å². The van der Waals surface area contributed by atoms with Crippen LogP contribution in [0.5, 0.6) is 0 Å². The molecule has 2 heterocycles. The average molecular weight is 273 g/mol. The second-order valence-corrected chi connectivity index (χ2v) is 6.76. The standard InChI is InChI=1S/C17H27N3/c1-4-12-5-6-13(9-12)17-19-15-7-8-18-10-14(15)16(20-17)11(2)3/h11-13,18H,4-10H2,1-3H3. The first kappa shape index (κ1) is 14.0. The highest BCUT2D eigenvalue weighted by atomic mass is 15.0. The van der Waals surface area contributed by atoms with E-state index in [-0.39, 0.29) is 0 Å². The minimum absolute atomic E-state index is 0.494. The fourth-order valence-corrected chi connectivity index (χ4v) is 3.73. The molecular weight excluding hydrogens is 246 g/mol. The molecule has 0 saturated heterocycles. The molecule has 3 heteroatoms. The van der Waals surface area contributed by atoms with Crippen LogP contribution >= 0.6 is 0 Å². The molecule has 0 spiro atoms. The first-order chi connectivity index (χ1) is 9.69. The second-order valence-electron chi connectivity index (χ2n) is 6.76. The number of hydrogen-bond acceptors (Lipinski definition) is 3. The van der Waals surface area contributed by atoms with Crippen molar-refractivity contribution < 1.29 is 0 Å². The van der Waals surface area contributed by atoms with E-state index in [0.717, 1.165) is 31.3 Å². The highest BCUT2D eigenvalue weighted by Crippen LogP contribution is 2.39. The summed E-state index contributed by atoms with van der Waals surface area (Å²) in [5.74, 6) is 3.14. The molecule has 3 nitrogen and oxygen atoms in total. The minimum Gasteiger partial charge on any atom is -0.312 e. The molecule has 0 radical (unpaired) electrons. The SMILES string of the molecule is CCC1CCC(c2nc3c(c(C(C)C)n2)CNCC3)C1. The van der Waals surface area contributed by atoms with Gasteiger partial charge in [0.1, 0.15) is 5.82 Å². The summed E-state index contributed by atoms with van der Waals surface area (Å²) in [6.07, 6.45) is 6.31. The molecule has 3 rings (SSSR count). The number of aromatic nitrogens is 2. The molecule has 2 atom stereocenters. The Bertz CT molecular complexity index is 481. The van der Waals surface area contributed by atoms with Gasteiger partial charge < -0.3 is 5.32 Å². The number of hydrogen-bond donors (Lipinski definition) is 1. The van der Waals surface area contributed by atoms with Crippen LogP contribution in [0.1, 0.15) is 81.1 Å². The molecule has 1 aromatic rings. The molecule has 1 fully saturated rings. The zero-order chi connectivity index (χ0) is 14.1. The van der Waals surface area contributed by atoms with Crippen molar-refractivity contribution in [3.63, 3.8) is 0 Å². The molecular formula is C17H27N3. The third-order valence-electron chi connectivity index (χ3n) is 5.01. The van der Waals surface area contributed by atoms with Gasteiger partial charge >= 0.3 is 0 Å². The van der Waals surface area contributed by atoms with E-state index in [1.165, 1.54) is 42.6 Å². The van der Waals surface area contributed by atoms with E-state index in [2.05, 4.69) is 26.1 Å². The lowest BCUT2D eigenvalue weighted by atomic mass is 9.96. The van der Waals surface area contributed by atoms with Gasteiger partial charge in [-0.15, -0.1) is 0 Å². The summed E-state index contributed by atoms with van der Waals surface area (Å²) in [4.78, 5) is 9.94. The van der Waals surface area contributed by atoms with E-state index >= 15 is 0 Å². The lowest BCUT2D eigenvalue weighted by molar-refractivity contribution is 0.513. The third-order valence-corrected chi connectivity index (χ3v) is 5.01. The van der Waals surface area contributed by atoms with Crippen molar-refractivity contribution >= 4 is 0 Å². The number of nitrogens with zero attached hydrogens (tertiary/aromatic N) is 2. The highest BCUT2D eigenvalue weighted by Gasteiger charge is 2.29. The fourth-order valence-electron chi connectivity index (χ4n) is 3.73. The van der Waals surface area contributed by atoms with Crippen molar-refractivity contribution in [1.82, 2.24) is 15.3 Å². The average Bonchev–Trinajstić information content (AvgIpc) is 2.95. The van der Waals surface area contributed by atoms with Crippen molar-refractivity contribution in [3.8, 4) is 0 Å². The molecule has 2 unspecified atom stereocenters.